The van der Waals surface area contributed by atoms with Gasteiger partial charge in [-0.1, -0.05) is 43.3 Å². The largest absolute Gasteiger partial charge is 0.386 e. The van der Waals surface area contributed by atoms with Crippen molar-refractivity contribution in [2.45, 2.75) is 25.9 Å². The van der Waals surface area contributed by atoms with Crippen LogP contribution >= 0.6 is 0 Å². The van der Waals surface area contributed by atoms with Crippen LogP contribution in [0.2, 0.25) is 0 Å². The van der Waals surface area contributed by atoms with Crippen LogP contribution in [0.15, 0.2) is 48.7 Å². The van der Waals surface area contributed by atoms with Gasteiger partial charge in [-0.3, -0.25) is 4.98 Å². The number of aromatic nitrogens is 1. The van der Waals surface area contributed by atoms with Gasteiger partial charge in [0.25, 0.3) is 0 Å². The van der Waals surface area contributed by atoms with Crippen molar-refractivity contribution in [3.63, 3.8) is 0 Å². The normalized spacial score (nSPS) is 12.6. The standard InChI is InChI=1S/C15H17NO/c1-3-11(2)10-14(17)15-13-7-5-4-6-12(13)8-9-16-15/h4-9,14,17H,2-3,10H2,1H3. The number of aliphatic hydroxyl groups is 1. The van der Waals surface area contributed by atoms with Crippen molar-refractivity contribution in [3.8, 4) is 0 Å². The summed E-state index contributed by atoms with van der Waals surface area (Å²) in [6, 6.07) is 9.94. The van der Waals surface area contributed by atoms with Crippen LogP contribution in [0.4, 0.5) is 0 Å². The number of rotatable bonds is 4. The van der Waals surface area contributed by atoms with Gasteiger partial charge in [0.05, 0.1) is 5.69 Å². The van der Waals surface area contributed by atoms with E-state index in [4.69, 9.17) is 0 Å². The van der Waals surface area contributed by atoms with E-state index in [1.807, 2.05) is 37.3 Å². The molecule has 0 bridgehead atoms. The molecule has 0 saturated heterocycles. The van der Waals surface area contributed by atoms with Gasteiger partial charge < -0.3 is 5.11 Å². The van der Waals surface area contributed by atoms with Crippen LogP contribution < -0.4 is 0 Å². The summed E-state index contributed by atoms with van der Waals surface area (Å²) in [5, 5.41) is 12.3. The van der Waals surface area contributed by atoms with Crippen molar-refractivity contribution in [1.29, 1.82) is 0 Å². The summed E-state index contributed by atoms with van der Waals surface area (Å²) in [6.07, 6.45) is 2.66. The molecule has 0 spiro atoms. The minimum atomic E-state index is -0.562. The highest BCUT2D eigenvalue weighted by atomic mass is 16.3. The minimum Gasteiger partial charge on any atom is -0.386 e. The van der Waals surface area contributed by atoms with Crippen molar-refractivity contribution in [1.82, 2.24) is 4.98 Å². The number of fused-ring (bicyclic) bond motifs is 1. The van der Waals surface area contributed by atoms with Gasteiger partial charge in [-0.05, 0) is 24.3 Å². The molecule has 1 aromatic heterocycles. The second kappa shape index (κ2) is 5.11. The predicted octanol–water partition coefficient (Wildman–Crippen LogP) is 3.62. The Morgan fingerprint density at radius 2 is 2.12 bits per heavy atom. The van der Waals surface area contributed by atoms with Gasteiger partial charge in [-0.25, -0.2) is 0 Å². The summed E-state index contributed by atoms with van der Waals surface area (Å²) in [7, 11) is 0. The maximum atomic E-state index is 10.2. The molecule has 1 aromatic carbocycles. The van der Waals surface area contributed by atoms with E-state index in [9.17, 15) is 5.11 Å². The highest BCUT2D eigenvalue weighted by molar-refractivity contribution is 5.84. The van der Waals surface area contributed by atoms with Crippen LogP contribution in [0, 0.1) is 0 Å². The van der Waals surface area contributed by atoms with E-state index in [1.165, 1.54) is 0 Å². The Bertz CT molecular complexity index is 528. The van der Waals surface area contributed by atoms with Crippen LogP contribution in [0.5, 0.6) is 0 Å². The molecule has 1 unspecified atom stereocenters. The molecule has 1 N–H and O–H groups in total. The maximum absolute atomic E-state index is 10.2. The molecule has 0 fully saturated rings. The lowest BCUT2D eigenvalue weighted by atomic mass is 10.0. The highest BCUT2D eigenvalue weighted by Gasteiger charge is 2.13. The summed E-state index contributed by atoms with van der Waals surface area (Å²) in [5.74, 6) is 0. The Kier molecular flexibility index (Phi) is 3.55. The number of pyridine rings is 1. The molecular weight excluding hydrogens is 210 g/mol. The minimum absolute atomic E-state index is 0.562. The fourth-order valence-corrected chi connectivity index (χ4v) is 1.92. The number of hydrogen-bond acceptors (Lipinski definition) is 2. The smallest absolute Gasteiger partial charge is 0.100 e. The lowest BCUT2D eigenvalue weighted by Crippen LogP contribution is -2.02. The number of benzene rings is 1. The van der Waals surface area contributed by atoms with E-state index in [1.54, 1.807) is 6.20 Å². The second-order valence-corrected chi connectivity index (χ2v) is 4.24. The fourth-order valence-electron chi connectivity index (χ4n) is 1.92. The zero-order valence-corrected chi connectivity index (χ0v) is 10.1. The zero-order valence-electron chi connectivity index (χ0n) is 10.1. The molecular formula is C15H17NO. The van der Waals surface area contributed by atoms with Gasteiger partial charge >= 0.3 is 0 Å². The molecule has 2 nitrogen and oxygen atoms in total. The highest BCUT2D eigenvalue weighted by Crippen LogP contribution is 2.26. The molecule has 0 amide bonds. The first kappa shape index (κ1) is 11.8. The van der Waals surface area contributed by atoms with Gasteiger partial charge in [0.2, 0.25) is 0 Å². The fraction of sp³-hybridized carbons (Fsp3) is 0.267. The zero-order chi connectivity index (χ0) is 12.3. The third-order valence-electron chi connectivity index (χ3n) is 3.00. The SMILES string of the molecule is C=C(CC)CC(O)c1nccc2ccccc12. The summed E-state index contributed by atoms with van der Waals surface area (Å²) < 4.78 is 0. The summed E-state index contributed by atoms with van der Waals surface area (Å²) in [5.41, 5.74) is 1.80. The van der Waals surface area contributed by atoms with Gasteiger partial charge in [0.15, 0.2) is 0 Å². The lowest BCUT2D eigenvalue weighted by molar-refractivity contribution is 0.174. The predicted molar refractivity (Wildman–Crippen MR) is 70.8 cm³/mol. The average Bonchev–Trinajstić information content (AvgIpc) is 2.37. The van der Waals surface area contributed by atoms with E-state index < -0.39 is 6.10 Å². The summed E-state index contributed by atoms with van der Waals surface area (Å²) in [6.45, 7) is 5.98. The first-order valence-electron chi connectivity index (χ1n) is 5.90. The monoisotopic (exact) mass is 227 g/mol. The molecule has 2 heteroatoms. The van der Waals surface area contributed by atoms with Gasteiger partial charge in [0.1, 0.15) is 6.10 Å². The Hall–Kier alpha value is -1.67. The van der Waals surface area contributed by atoms with Crippen molar-refractivity contribution >= 4 is 10.8 Å². The van der Waals surface area contributed by atoms with E-state index >= 15 is 0 Å². The van der Waals surface area contributed by atoms with E-state index in [0.717, 1.165) is 28.5 Å². The average molecular weight is 227 g/mol. The lowest BCUT2D eigenvalue weighted by Gasteiger charge is -2.13. The molecule has 0 radical (unpaired) electrons. The Labute approximate surface area is 102 Å². The number of hydrogen-bond donors (Lipinski definition) is 1. The molecule has 0 aliphatic carbocycles. The van der Waals surface area contributed by atoms with Crippen LogP contribution in [0.3, 0.4) is 0 Å². The van der Waals surface area contributed by atoms with E-state index in [-0.39, 0.29) is 0 Å². The number of nitrogens with zero attached hydrogens (tertiary/aromatic N) is 1. The maximum Gasteiger partial charge on any atom is 0.100 e. The Balaban J connectivity index is 2.38. The first-order chi connectivity index (χ1) is 8.22. The molecule has 2 aromatic rings. The third kappa shape index (κ3) is 2.53. The molecule has 17 heavy (non-hydrogen) atoms. The van der Waals surface area contributed by atoms with E-state index in [0.29, 0.717) is 6.42 Å². The van der Waals surface area contributed by atoms with Crippen molar-refractivity contribution < 1.29 is 5.11 Å². The van der Waals surface area contributed by atoms with Crippen molar-refractivity contribution in [2.75, 3.05) is 0 Å². The molecule has 2 rings (SSSR count). The molecule has 0 saturated carbocycles. The Morgan fingerprint density at radius 3 is 2.88 bits per heavy atom. The second-order valence-electron chi connectivity index (χ2n) is 4.24. The van der Waals surface area contributed by atoms with Gasteiger partial charge in [-0.15, -0.1) is 0 Å². The summed E-state index contributed by atoms with van der Waals surface area (Å²) in [4.78, 5) is 4.30. The quantitative estimate of drug-likeness (QED) is 0.809. The molecule has 1 heterocycles. The van der Waals surface area contributed by atoms with Gasteiger partial charge in [0, 0.05) is 11.6 Å². The Morgan fingerprint density at radius 1 is 1.35 bits per heavy atom. The molecule has 1 atom stereocenters. The first-order valence-corrected chi connectivity index (χ1v) is 5.90. The van der Waals surface area contributed by atoms with Crippen molar-refractivity contribution in [3.05, 3.63) is 54.4 Å². The van der Waals surface area contributed by atoms with Crippen LogP contribution in [0.25, 0.3) is 10.8 Å². The molecule has 88 valence electrons. The van der Waals surface area contributed by atoms with E-state index in [2.05, 4.69) is 11.6 Å². The van der Waals surface area contributed by atoms with Gasteiger partial charge in [-0.2, -0.15) is 0 Å². The topological polar surface area (TPSA) is 33.1 Å². The van der Waals surface area contributed by atoms with Crippen LogP contribution in [0.1, 0.15) is 31.6 Å². The molecule has 0 aliphatic heterocycles. The number of aliphatic hydroxyl groups excluding tert-OH is 1. The van der Waals surface area contributed by atoms with Crippen molar-refractivity contribution in [2.24, 2.45) is 0 Å². The van der Waals surface area contributed by atoms with Crippen LogP contribution in [-0.2, 0) is 0 Å². The molecule has 0 aliphatic rings. The van der Waals surface area contributed by atoms with Crippen LogP contribution in [-0.4, -0.2) is 10.1 Å². The summed E-state index contributed by atoms with van der Waals surface area (Å²) >= 11 is 0. The third-order valence-corrected chi connectivity index (χ3v) is 3.00.